The Labute approximate surface area is 211 Å². The molecular formula is C29H45F2NO3. The fraction of sp³-hybridized carbons (Fsp3) is 0.517. The van der Waals surface area contributed by atoms with Gasteiger partial charge in [0.15, 0.2) is 11.5 Å². The Morgan fingerprint density at radius 3 is 2.09 bits per heavy atom. The lowest BCUT2D eigenvalue weighted by molar-refractivity contribution is 0.185. The summed E-state index contributed by atoms with van der Waals surface area (Å²) in [5.41, 5.74) is 2.44. The lowest BCUT2D eigenvalue weighted by Crippen LogP contribution is -2.35. The number of rotatable bonds is 7. The van der Waals surface area contributed by atoms with Crippen molar-refractivity contribution in [2.45, 2.75) is 53.4 Å². The van der Waals surface area contributed by atoms with Crippen LogP contribution < -0.4 is 9.47 Å². The average Bonchev–Trinajstić information content (AvgIpc) is 2.90. The molecule has 0 bridgehead atoms. The molecule has 2 aromatic rings. The van der Waals surface area contributed by atoms with Crippen LogP contribution in [0.4, 0.5) is 8.78 Å². The molecule has 0 aliphatic carbocycles. The Balaban J connectivity index is 0.00000112. The quantitative estimate of drug-likeness (QED) is 0.458. The number of benzene rings is 2. The Kier molecular flexibility index (Phi) is 19.4. The van der Waals surface area contributed by atoms with Crippen LogP contribution in [0.2, 0.25) is 0 Å². The van der Waals surface area contributed by atoms with Gasteiger partial charge < -0.3 is 19.5 Å². The maximum atomic E-state index is 13.0. The summed E-state index contributed by atoms with van der Waals surface area (Å²) in [5.74, 6) is 2.19. The molecule has 2 aromatic carbocycles. The highest BCUT2D eigenvalue weighted by molar-refractivity contribution is 5.46. The number of ether oxygens (including phenoxy) is 2. The lowest BCUT2D eigenvalue weighted by atomic mass is 9.89. The predicted molar refractivity (Wildman–Crippen MR) is 143 cm³/mol. The molecule has 1 aliphatic rings. The predicted octanol–water partition coefficient (Wildman–Crippen LogP) is 6.85. The number of halogens is 2. The highest BCUT2D eigenvalue weighted by Gasteiger charge is 2.21. The molecule has 3 rings (SSSR count). The second-order valence-electron chi connectivity index (χ2n) is 7.79. The number of aliphatic hydroxyl groups excluding tert-OH is 1. The second-order valence-corrected chi connectivity index (χ2v) is 7.79. The van der Waals surface area contributed by atoms with E-state index in [1.54, 1.807) is 40.2 Å². The standard InChI is InChI=1S/C22H28FNO2.C3H5F.C2H6O.C2H6/c1-25-21-5-3-4-19(22(21)26-2)16-18-11-14-24(15-12-18)13-10-17-6-8-20(23)9-7-17;1-2-3-4;1-2-3;1-2/h3-9,18H,10-16H2,1-2H3;2-3H,1H3;3H,2H2,1H3;1-2H3/b;3-2+;;. The van der Waals surface area contributed by atoms with Crippen LogP contribution in [0.5, 0.6) is 11.5 Å². The first kappa shape index (κ1) is 32.6. The summed E-state index contributed by atoms with van der Waals surface area (Å²) in [6.07, 6.45) is 6.24. The van der Waals surface area contributed by atoms with E-state index in [2.05, 4.69) is 11.0 Å². The van der Waals surface area contributed by atoms with E-state index >= 15 is 0 Å². The zero-order valence-electron chi connectivity index (χ0n) is 22.4. The summed E-state index contributed by atoms with van der Waals surface area (Å²) < 4.78 is 34.5. The van der Waals surface area contributed by atoms with Gasteiger partial charge in [-0.2, -0.15) is 0 Å². The molecule has 35 heavy (non-hydrogen) atoms. The largest absolute Gasteiger partial charge is 0.493 e. The van der Waals surface area contributed by atoms with Crippen molar-refractivity contribution in [1.82, 2.24) is 4.90 Å². The second kappa shape index (κ2) is 20.9. The summed E-state index contributed by atoms with van der Waals surface area (Å²) in [6.45, 7) is 10.8. The van der Waals surface area contributed by atoms with Crippen LogP contribution in [0.1, 0.15) is 51.7 Å². The maximum absolute atomic E-state index is 13.0. The van der Waals surface area contributed by atoms with Gasteiger partial charge in [-0.3, -0.25) is 0 Å². The van der Waals surface area contributed by atoms with Crippen molar-refractivity contribution in [1.29, 1.82) is 0 Å². The van der Waals surface area contributed by atoms with Crippen molar-refractivity contribution >= 4 is 0 Å². The first-order valence-corrected chi connectivity index (χ1v) is 12.5. The lowest BCUT2D eigenvalue weighted by Gasteiger charge is -2.32. The number of likely N-dealkylation sites (tertiary alicyclic amines) is 1. The maximum Gasteiger partial charge on any atom is 0.163 e. The average molecular weight is 494 g/mol. The normalized spacial score (nSPS) is 13.5. The summed E-state index contributed by atoms with van der Waals surface area (Å²) in [7, 11) is 3.39. The van der Waals surface area contributed by atoms with Crippen molar-refractivity contribution in [3.8, 4) is 11.5 Å². The monoisotopic (exact) mass is 493 g/mol. The molecule has 0 atom stereocenters. The molecule has 0 spiro atoms. The van der Waals surface area contributed by atoms with Gasteiger partial charge in [-0.05, 0) is 87.9 Å². The molecule has 1 heterocycles. The van der Waals surface area contributed by atoms with Crippen LogP contribution in [-0.4, -0.2) is 50.5 Å². The molecular weight excluding hydrogens is 448 g/mol. The van der Waals surface area contributed by atoms with Gasteiger partial charge in [0.2, 0.25) is 0 Å². The minimum atomic E-state index is -0.164. The minimum absolute atomic E-state index is 0.164. The number of methoxy groups -OCH3 is 2. The Morgan fingerprint density at radius 2 is 1.60 bits per heavy atom. The molecule has 1 N–H and O–H groups in total. The van der Waals surface area contributed by atoms with E-state index in [4.69, 9.17) is 14.6 Å². The van der Waals surface area contributed by atoms with Crippen LogP contribution in [-0.2, 0) is 12.8 Å². The molecule has 1 saturated heterocycles. The number of aliphatic hydroxyl groups is 1. The summed E-state index contributed by atoms with van der Waals surface area (Å²) >= 11 is 0. The summed E-state index contributed by atoms with van der Waals surface area (Å²) in [6, 6.07) is 13.0. The zero-order valence-corrected chi connectivity index (χ0v) is 22.4. The zero-order chi connectivity index (χ0) is 26.5. The SMILES string of the molecule is C/C=C/F.CC.CCO.COc1cccc(CC2CCN(CCc3ccc(F)cc3)CC2)c1OC. The first-order valence-electron chi connectivity index (χ1n) is 12.5. The third kappa shape index (κ3) is 13.3. The van der Waals surface area contributed by atoms with Gasteiger partial charge in [0.05, 0.1) is 20.5 Å². The van der Waals surface area contributed by atoms with Gasteiger partial charge in [0.25, 0.3) is 0 Å². The van der Waals surface area contributed by atoms with E-state index in [-0.39, 0.29) is 12.4 Å². The van der Waals surface area contributed by atoms with E-state index in [0.29, 0.717) is 12.2 Å². The number of nitrogens with zero attached hydrogens (tertiary/aromatic N) is 1. The molecule has 6 heteroatoms. The number of hydrogen-bond acceptors (Lipinski definition) is 4. The molecule has 1 aliphatic heterocycles. The van der Waals surface area contributed by atoms with E-state index in [1.165, 1.54) is 30.0 Å². The molecule has 1 fully saturated rings. The van der Waals surface area contributed by atoms with Gasteiger partial charge in [-0.25, -0.2) is 8.78 Å². The smallest absolute Gasteiger partial charge is 0.163 e. The Bertz CT molecular complexity index is 785. The van der Waals surface area contributed by atoms with Gasteiger partial charge in [0.1, 0.15) is 5.82 Å². The minimum Gasteiger partial charge on any atom is -0.493 e. The number of hydrogen-bond donors (Lipinski definition) is 1. The Hall–Kier alpha value is -2.44. The van der Waals surface area contributed by atoms with Gasteiger partial charge in [-0.15, -0.1) is 0 Å². The molecule has 0 amide bonds. The molecule has 0 aromatic heterocycles. The fourth-order valence-corrected chi connectivity index (χ4v) is 3.78. The molecule has 0 unspecified atom stereocenters. The number of allylic oxidation sites excluding steroid dienone is 1. The van der Waals surface area contributed by atoms with Gasteiger partial charge in [-0.1, -0.05) is 44.2 Å². The molecule has 198 valence electrons. The van der Waals surface area contributed by atoms with Gasteiger partial charge >= 0.3 is 0 Å². The van der Waals surface area contributed by atoms with Crippen LogP contribution in [0.3, 0.4) is 0 Å². The van der Waals surface area contributed by atoms with Crippen LogP contribution in [0, 0.1) is 11.7 Å². The third-order valence-electron chi connectivity index (χ3n) is 5.46. The van der Waals surface area contributed by atoms with E-state index in [9.17, 15) is 8.78 Å². The van der Waals surface area contributed by atoms with E-state index in [0.717, 1.165) is 44.0 Å². The highest BCUT2D eigenvalue weighted by atomic mass is 19.1. The molecule has 0 saturated carbocycles. The van der Waals surface area contributed by atoms with Crippen molar-refractivity contribution in [3.05, 3.63) is 71.8 Å². The van der Waals surface area contributed by atoms with Crippen molar-refractivity contribution < 1.29 is 23.4 Å². The molecule has 0 radical (unpaired) electrons. The molecule has 4 nitrogen and oxygen atoms in total. The first-order chi connectivity index (χ1) is 17.0. The van der Waals surface area contributed by atoms with Crippen LogP contribution in [0.15, 0.2) is 54.9 Å². The topological polar surface area (TPSA) is 41.9 Å². The van der Waals surface area contributed by atoms with E-state index in [1.807, 2.05) is 38.1 Å². The Morgan fingerprint density at radius 1 is 1.03 bits per heavy atom. The third-order valence-corrected chi connectivity index (χ3v) is 5.46. The van der Waals surface area contributed by atoms with Crippen molar-refractivity contribution in [2.24, 2.45) is 5.92 Å². The fourth-order valence-electron chi connectivity index (χ4n) is 3.78. The van der Waals surface area contributed by atoms with Gasteiger partial charge in [0, 0.05) is 13.2 Å². The summed E-state index contributed by atoms with van der Waals surface area (Å²) in [5, 5.41) is 7.57. The highest BCUT2D eigenvalue weighted by Crippen LogP contribution is 2.34. The van der Waals surface area contributed by atoms with Crippen LogP contribution in [0.25, 0.3) is 0 Å². The number of piperidine rings is 1. The number of para-hydroxylation sites is 1. The van der Waals surface area contributed by atoms with Crippen molar-refractivity contribution in [2.75, 3.05) is 40.5 Å². The van der Waals surface area contributed by atoms with Crippen molar-refractivity contribution in [3.63, 3.8) is 0 Å². The van der Waals surface area contributed by atoms with E-state index < -0.39 is 0 Å². The summed E-state index contributed by atoms with van der Waals surface area (Å²) in [4.78, 5) is 2.52. The van der Waals surface area contributed by atoms with Crippen LogP contribution >= 0.6 is 0 Å².